The van der Waals surface area contributed by atoms with Crippen LogP contribution in [0, 0.1) is 5.92 Å². The lowest BCUT2D eigenvalue weighted by molar-refractivity contribution is 0.493. The van der Waals surface area contributed by atoms with Crippen molar-refractivity contribution in [3.63, 3.8) is 0 Å². The average Bonchev–Trinajstić information content (AvgIpc) is 2.26. The van der Waals surface area contributed by atoms with E-state index in [1.165, 1.54) is 12.8 Å². The number of nitrogens with zero attached hydrogens (tertiary/aromatic N) is 1. The minimum atomic E-state index is -0.867. The lowest BCUT2D eigenvalue weighted by Gasteiger charge is -2.17. The fraction of sp³-hybridized carbons (Fsp3) is 0.933. The summed E-state index contributed by atoms with van der Waals surface area (Å²) >= 11 is 0. The van der Waals surface area contributed by atoms with Gasteiger partial charge < -0.3 is 11.1 Å². The van der Waals surface area contributed by atoms with Gasteiger partial charge in [-0.3, -0.25) is 9.20 Å². The average molecular weight is 431 g/mol. The molecule has 128 valence electrons. The molecule has 0 spiro atoms. The van der Waals surface area contributed by atoms with Crippen molar-refractivity contribution in [3.05, 3.63) is 0 Å². The van der Waals surface area contributed by atoms with Crippen LogP contribution in [0.1, 0.15) is 60.8 Å². The Balaban J connectivity index is 0. The Morgan fingerprint density at radius 2 is 1.81 bits per heavy atom. The Kier molecular flexibility index (Phi) is 13.0. The Labute approximate surface area is 150 Å². The smallest absolute Gasteiger partial charge is 0.188 e. The molecule has 0 aromatic carbocycles. The van der Waals surface area contributed by atoms with Crippen molar-refractivity contribution >= 4 is 40.7 Å². The summed E-state index contributed by atoms with van der Waals surface area (Å²) in [6.07, 6.45) is 3.54. The summed E-state index contributed by atoms with van der Waals surface area (Å²) in [7, 11) is -0.867. The molecule has 0 saturated heterocycles. The normalized spacial score (nSPS) is 15.5. The van der Waals surface area contributed by atoms with Crippen LogP contribution in [0.5, 0.6) is 0 Å². The molecule has 0 aromatic rings. The standard InChI is InChI=1S/C15H33N3OS.HI/c1-12(2)8-7-9-13(3)18-14(16)17-10-11-20(19)15(4,5)6;/h12-13H,7-11H2,1-6H3,(H3,16,17,18);1H. The van der Waals surface area contributed by atoms with Crippen molar-refractivity contribution in [2.24, 2.45) is 16.6 Å². The lowest BCUT2D eigenvalue weighted by Crippen LogP contribution is -2.38. The highest BCUT2D eigenvalue weighted by Gasteiger charge is 2.18. The summed E-state index contributed by atoms with van der Waals surface area (Å²) in [4.78, 5) is 4.25. The number of rotatable bonds is 8. The molecule has 0 bridgehead atoms. The maximum absolute atomic E-state index is 11.9. The molecule has 0 heterocycles. The zero-order chi connectivity index (χ0) is 15.8. The van der Waals surface area contributed by atoms with Crippen molar-refractivity contribution in [2.45, 2.75) is 71.6 Å². The summed E-state index contributed by atoms with van der Waals surface area (Å²) in [6.45, 7) is 13.0. The van der Waals surface area contributed by atoms with Gasteiger partial charge in [-0.25, -0.2) is 0 Å². The molecule has 0 aromatic heterocycles. The van der Waals surface area contributed by atoms with E-state index < -0.39 is 10.8 Å². The molecule has 0 aliphatic heterocycles. The van der Waals surface area contributed by atoms with Crippen molar-refractivity contribution in [3.8, 4) is 0 Å². The molecule has 0 aliphatic rings. The lowest BCUT2D eigenvalue weighted by atomic mass is 10.0. The summed E-state index contributed by atoms with van der Waals surface area (Å²) < 4.78 is 11.7. The van der Waals surface area contributed by atoms with Crippen LogP contribution in [0.25, 0.3) is 0 Å². The minimum absolute atomic E-state index is 0. The fourth-order valence-electron chi connectivity index (χ4n) is 1.76. The summed E-state index contributed by atoms with van der Waals surface area (Å²) in [6, 6.07) is 0.339. The van der Waals surface area contributed by atoms with Gasteiger partial charge in [0.1, 0.15) is 0 Å². The van der Waals surface area contributed by atoms with E-state index in [0.29, 0.717) is 24.3 Å². The molecular weight excluding hydrogens is 397 g/mol. The van der Waals surface area contributed by atoms with Gasteiger partial charge in [-0.2, -0.15) is 0 Å². The SMILES string of the molecule is CC(C)CCCC(C)NC(N)=NCCS(=O)C(C)(C)C.I. The van der Waals surface area contributed by atoms with Gasteiger partial charge in [-0.1, -0.05) is 26.7 Å². The molecule has 0 fully saturated rings. The van der Waals surface area contributed by atoms with Gasteiger partial charge in [0.2, 0.25) is 0 Å². The van der Waals surface area contributed by atoms with E-state index in [2.05, 4.69) is 31.1 Å². The number of nitrogens with two attached hydrogens (primary N) is 1. The van der Waals surface area contributed by atoms with Crippen LogP contribution in [0.4, 0.5) is 0 Å². The van der Waals surface area contributed by atoms with Gasteiger partial charge in [-0.05, 0) is 40.0 Å². The molecule has 21 heavy (non-hydrogen) atoms. The third kappa shape index (κ3) is 13.5. The molecule has 6 heteroatoms. The van der Waals surface area contributed by atoms with E-state index in [-0.39, 0.29) is 28.7 Å². The zero-order valence-electron chi connectivity index (χ0n) is 14.4. The number of hydrogen-bond donors (Lipinski definition) is 2. The van der Waals surface area contributed by atoms with Gasteiger partial charge in [-0.15, -0.1) is 24.0 Å². The predicted molar refractivity (Wildman–Crippen MR) is 106 cm³/mol. The van der Waals surface area contributed by atoms with Crippen LogP contribution in [0.15, 0.2) is 4.99 Å². The molecule has 0 radical (unpaired) electrons. The molecule has 4 nitrogen and oxygen atoms in total. The first-order valence-corrected chi connectivity index (χ1v) is 8.89. The van der Waals surface area contributed by atoms with Crippen molar-refractivity contribution in [1.29, 1.82) is 0 Å². The van der Waals surface area contributed by atoms with Gasteiger partial charge >= 0.3 is 0 Å². The van der Waals surface area contributed by atoms with Gasteiger partial charge in [0.15, 0.2) is 5.96 Å². The van der Waals surface area contributed by atoms with Crippen LogP contribution in [0.3, 0.4) is 0 Å². The van der Waals surface area contributed by atoms with Crippen LogP contribution < -0.4 is 11.1 Å². The third-order valence-electron chi connectivity index (χ3n) is 3.05. The van der Waals surface area contributed by atoms with Gasteiger partial charge in [0, 0.05) is 27.3 Å². The summed E-state index contributed by atoms with van der Waals surface area (Å²) in [5.41, 5.74) is 5.84. The van der Waals surface area contributed by atoms with Gasteiger partial charge in [0.25, 0.3) is 0 Å². The molecular formula is C15H34IN3OS. The predicted octanol–water partition coefficient (Wildman–Crippen LogP) is 3.27. The Morgan fingerprint density at radius 1 is 1.24 bits per heavy atom. The fourth-order valence-corrected chi connectivity index (χ4v) is 2.63. The number of aliphatic imine (C=N–C) groups is 1. The van der Waals surface area contributed by atoms with Gasteiger partial charge in [0.05, 0.1) is 6.54 Å². The number of halogens is 1. The summed E-state index contributed by atoms with van der Waals surface area (Å²) in [5.74, 6) is 1.78. The van der Waals surface area contributed by atoms with Crippen molar-refractivity contribution in [2.75, 3.05) is 12.3 Å². The van der Waals surface area contributed by atoms with Crippen molar-refractivity contribution < 1.29 is 4.21 Å². The molecule has 0 aliphatic carbocycles. The Bertz CT molecular complexity index is 327. The monoisotopic (exact) mass is 431 g/mol. The zero-order valence-corrected chi connectivity index (χ0v) is 17.6. The highest BCUT2D eigenvalue weighted by Crippen LogP contribution is 2.11. The topological polar surface area (TPSA) is 67.5 Å². The van der Waals surface area contributed by atoms with Crippen molar-refractivity contribution in [1.82, 2.24) is 5.32 Å². The maximum Gasteiger partial charge on any atom is 0.188 e. The first-order chi connectivity index (χ1) is 9.12. The molecule has 0 amide bonds. The van der Waals surface area contributed by atoms with E-state index in [9.17, 15) is 4.21 Å². The van der Waals surface area contributed by atoms with Crippen LogP contribution in [-0.4, -0.2) is 33.3 Å². The minimum Gasteiger partial charge on any atom is -0.370 e. The van der Waals surface area contributed by atoms with E-state index in [0.717, 1.165) is 12.3 Å². The first kappa shape index (κ1) is 23.4. The molecule has 0 rings (SSSR count). The molecule has 2 unspecified atom stereocenters. The highest BCUT2D eigenvalue weighted by molar-refractivity contribution is 14.0. The van der Waals surface area contributed by atoms with E-state index >= 15 is 0 Å². The number of guanidine groups is 1. The Hall–Kier alpha value is 0.150. The summed E-state index contributed by atoms with van der Waals surface area (Å²) in [5, 5.41) is 3.19. The van der Waals surface area contributed by atoms with Crippen LogP contribution >= 0.6 is 24.0 Å². The third-order valence-corrected chi connectivity index (χ3v) is 4.97. The first-order valence-electron chi connectivity index (χ1n) is 7.58. The quantitative estimate of drug-likeness (QED) is 0.352. The number of nitrogens with one attached hydrogen (secondary N) is 1. The maximum atomic E-state index is 11.9. The van der Waals surface area contributed by atoms with E-state index in [1.54, 1.807) is 0 Å². The Morgan fingerprint density at radius 3 is 2.29 bits per heavy atom. The molecule has 0 saturated carbocycles. The second kappa shape index (κ2) is 11.7. The second-order valence-electron chi connectivity index (χ2n) is 6.80. The molecule has 2 atom stereocenters. The second-order valence-corrected chi connectivity index (χ2v) is 9.12. The van der Waals surface area contributed by atoms with Crippen LogP contribution in [0.2, 0.25) is 0 Å². The number of hydrogen-bond acceptors (Lipinski definition) is 2. The van der Waals surface area contributed by atoms with E-state index in [1.807, 2.05) is 20.8 Å². The molecule has 3 N–H and O–H groups in total. The largest absolute Gasteiger partial charge is 0.370 e. The van der Waals surface area contributed by atoms with Crippen LogP contribution in [-0.2, 0) is 10.8 Å². The highest BCUT2D eigenvalue weighted by atomic mass is 127. The van der Waals surface area contributed by atoms with E-state index in [4.69, 9.17) is 5.73 Å².